The molecule has 0 radical (unpaired) electrons. The monoisotopic (exact) mass is 287 g/mol. The summed E-state index contributed by atoms with van der Waals surface area (Å²) in [6.07, 6.45) is 1.86. The quantitative estimate of drug-likeness (QED) is 0.777. The second kappa shape index (κ2) is 6.13. The van der Waals surface area contributed by atoms with Crippen LogP contribution in [0.15, 0.2) is 24.4 Å². The summed E-state index contributed by atoms with van der Waals surface area (Å²) in [5, 5.41) is 15.4. The third kappa shape index (κ3) is 3.81. The Morgan fingerprint density at radius 2 is 2.10 bits per heavy atom. The molecular weight excluding hydrogens is 262 g/mol. The Hall–Kier alpha value is -1.43. The Balaban J connectivity index is 1.57. The molecule has 1 saturated heterocycles. The number of H-pyrrole nitrogens is 1. The van der Waals surface area contributed by atoms with E-state index in [1.165, 1.54) is 10.9 Å². The van der Waals surface area contributed by atoms with Gasteiger partial charge in [-0.25, -0.2) is 0 Å². The van der Waals surface area contributed by atoms with Crippen molar-refractivity contribution < 1.29 is 0 Å². The van der Waals surface area contributed by atoms with Gasteiger partial charge in [0, 0.05) is 50.2 Å². The van der Waals surface area contributed by atoms with E-state index in [-0.39, 0.29) is 5.54 Å². The average molecular weight is 287 g/mol. The van der Waals surface area contributed by atoms with Crippen molar-refractivity contribution in [1.82, 2.24) is 25.7 Å². The molecule has 0 bridgehead atoms. The minimum Gasteiger partial charge on any atom is -0.314 e. The summed E-state index contributed by atoms with van der Waals surface area (Å²) < 4.78 is 0. The molecule has 3 N–H and O–H groups in total. The van der Waals surface area contributed by atoms with Crippen LogP contribution in [0.3, 0.4) is 0 Å². The molecule has 21 heavy (non-hydrogen) atoms. The molecule has 5 heteroatoms. The van der Waals surface area contributed by atoms with Gasteiger partial charge in [-0.1, -0.05) is 12.1 Å². The highest BCUT2D eigenvalue weighted by atomic mass is 15.2. The Kier molecular flexibility index (Phi) is 4.24. The first-order valence-electron chi connectivity index (χ1n) is 7.72. The van der Waals surface area contributed by atoms with E-state index in [1.54, 1.807) is 0 Å². The van der Waals surface area contributed by atoms with E-state index in [1.807, 2.05) is 6.20 Å². The predicted molar refractivity (Wildman–Crippen MR) is 86.3 cm³/mol. The molecule has 0 aliphatic carbocycles. The van der Waals surface area contributed by atoms with Crippen molar-refractivity contribution in [1.29, 1.82) is 0 Å². The Morgan fingerprint density at radius 3 is 2.90 bits per heavy atom. The Morgan fingerprint density at radius 1 is 1.29 bits per heavy atom. The molecule has 3 rings (SSSR count). The summed E-state index contributed by atoms with van der Waals surface area (Å²) in [5.41, 5.74) is 2.51. The lowest BCUT2D eigenvalue weighted by Crippen LogP contribution is -2.53. The Bertz CT molecular complexity index is 583. The van der Waals surface area contributed by atoms with Gasteiger partial charge in [0.2, 0.25) is 0 Å². The first kappa shape index (κ1) is 14.5. The third-order valence-electron chi connectivity index (χ3n) is 4.11. The van der Waals surface area contributed by atoms with Crippen molar-refractivity contribution in [3.8, 4) is 0 Å². The molecule has 114 valence electrons. The molecule has 1 aromatic carbocycles. The first-order chi connectivity index (χ1) is 10.1. The van der Waals surface area contributed by atoms with Gasteiger partial charge in [0.25, 0.3) is 0 Å². The molecule has 5 nitrogen and oxygen atoms in total. The lowest BCUT2D eigenvalue weighted by atomic mass is 10.0. The van der Waals surface area contributed by atoms with Gasteiger partial charge in [-0.05, 0) is 25.5 Å². The SMILES string of the molecule is CC(C)(CN1CCNCC1)NCc1ccc2cn[nH]c2c1. The third-order valence-corrected chi connectivity index (χ3v) is 4.11. The summed E-state index contributed by atoms with van der Waals surface area (Å²) in [5.74, 6) is 0. The summed E-state index contributed by atoms with van der Waals surface area (Å²) in [6, 6.07) is 6.47. The van der Waals surface area contributed by atoms with Crippen molar-refractivity contribution in [3.63, 3.8) is 0 Å². The van der Waals surface area contributed by atoms with E-state index in [2.05, 4.69) is 57.8 Å². The number of aromatic nitrogens is 2. The summed E-state index contributed by atoms with van der Waals surface area (Å²) in [6.45, 7) is 11.0. The van der Waals surface area contributed by atoms with Crippen molar-refractivity contribution in [3.05, 3.63) is 30.0 Å². The second-order valence-corrected chi connectivity index (χ2v) is 6.56. The largest absolute Gasteiger partial charge is 0.314 e. The van der Waals surface area contributed by atoms with Crippen LogP contribution in [-0.4, -0.2) is 53.4 Å². The van der Waals surface area contributed by atoms with Gasteiger partial charge in [0.1, 0.15) is 0 Å². The number of fused-ring (bicyclic) bond motifs is 1. The van der Waals surface area contributed by atoms with Crippen LogP contribution in [-0.2, 0) is 6.54 Å². The number of hydrogen-bond acceptors (Lipinski definition) is 4. The summed E-state index contributed by atoms with van der Waals surface area (Å²) in [7, 11) is 0. The van der Waals surface area contributed by atoms with Crippen LogP contribution in [0.25, 0.3) is 10.9 Å². The molecule has 1 aliphatic heterocycles. The smallest absolute Gasteiger partial charge is 0.0653 e. The Labute approximate surface area is 126 Å². The van der Waals surface area contributed by atoms with Crippen LogP contribution in [0.5, 0.6) is 0 Å². The van der Waals surface area contributed by atoms with Crippen LogP contribution in [0, 0.1) is 0 Å². The lowest BCUT2D eigenvalue weighted by molar-refractivity contribution is 0.180. The minimum absolute atomic E-state index is 0.111. The predicted octanol–water partition coefficient (Wildman–Crippen LogP) is 1.34. The van der Waals surface area contributed by atoms with Crippen molar-refractivity contribution >= 4 is 10.9 Å². The molecule has 1 aliphatic rings. The van der Waals surface area contributed by atoms with E-state index < -0.39 is 0 Å². The maximum Gasteiger partial charge on any atom is 0.0653 e. The first-order valence-corrected chi connectivity index (χ1v) is 7.72. The molecule has 1 aromatic heterocycles. The molecule has 0 saturated carbocycles. The molecule has 0 atom stereocenters. The number of nitrogens with zero attached hydrogens (tertiary/aromatic N) is 2. The van der Waals surface area contributed by atoms with Crippen LogP contribution in [0.1, 0.15) is 19.4 Å². The number of rotatable bonds is 5. The fourth-order valence-corrected chi connectivity index (χ4v) is 2.92. The number of aromatic amines is 1. The fraction of sp³-hybridized carbons (Fsp3) is 0.562. The summed E-state index contributed by atoms with van der Waals surface area (Å²) >= 11 is 0. The molecule has 0 spiro atoms. The van der Waals surface area contributed by atoms with E-state index in [0.29, 0.717) is 0 Å². The van der Waals surface area contributed by atoms with E-state index in [4.69, 9.17) is 0 Å². The minimum atomic E-state index is 0.111. The van der Waals surface area contributed by atoms with Crippen molar-refractivity contribution in [2.24, 2.45) is 0 Å². The van der Waals surface area contributed by atoms with Crippen molar-refractivity contribution in [2.45, 2.75) is 25.9 Å². The number of benzene rings is 1. The van der Waals surface area contributed by atoms with E-state index in [0.717, 1.165) is 44.8 Å². The van der Waals surface area contributed by atoms with Gasteiger partial charge in [-0.15, -0.1) is 0 Å². The molecular formula is C16H25N5. The number of piperazine rings is 1. The van der Waals surface area contributed by atoms with Gasteiger partial charge in [-0.3, -0.25) is 10.00 Å². The van der Waals surface area contributed by atoms with Crippen LogP contribution >= 0.6 is 0 Å². The molecule has 2 aromatic rings. The molecule has 2 heterocycles. The van der Waals surface area contributed by atoms with Gasteiger partial charge in [-0.2, -0.15) is 5.10 Å². The van der Waals surface area contributed by atoms with Gasteiger partial charge >= 0.3 is 0 Å². The molecule has 1 fully saturated rings. The maximum absolute atomic E-state index is 4.07. The average Bonchev–Trinajstić information content (AvgIpc) is 2.93. The second-order valence-electron chi connectivity index (χ2n) is 6.56. The summed E-state index contributed by atoms with van der Waals surface area (Å²) in [4.78, 5) is 2.53. The van der Waals surface area contributed by atoms with Gasteiger partial charge in [0.05, 0.1) is 11.7 Å². The normalized spacial score (nSPS) is 17.4. The highest BCUT2D eigenvalue weighted by Gasteiger charge is 2.22. The maximum atomic E-state index is 4.07. The zero-order chi connectivity index (χ0) is 14.7. The van der Waals surface area contributed by atoms with Gasteiger partial charge < -0.3 is 10.6 Å². The van der Waals surface area contributed by atoms with Crippen LogP contribution < -0.4 is 10.6 Å². The highest BCUT2D eigenvalue weighted by Crippen LogP contribution is 2.14. The fourth-order valence-electron chi connectivity index (χ4n) is 2.92. The number of hydrogen-bond donors (Lipinski definition) is 3. The van der Waals surface area contributed by atoms with Crippen molar-refractivity contribution in [2.75, 3.05) is 32.7 Å². The topological polar surface area (TPSA) is 56.0 Å². The zero-order valence-electron chi connectivity index (χ0n) is 12.9. The molecule has 0 unspecified atom stereocenters. The lowest BCUT2D eigenvalue weighted by Gasteiger charge is -2.36. The van der Waals surface area contributed by atoms with Crippen LogP contribution in [0.4, 0.5) is 0 Å². The van der Waals surface area contributed by atoms with E-state index >= 15 is 0 Å². The van der Waals surface area contributed by atoms with E-state index in [9.17, 15) is 0 Å². The number of nitrogens with one attached hydrogen (secondary N) is 3. The van der Waals surface area contributed by atoms with Gasteiger partial charge in [0.15, 0.2) is 0 Å². The molecule has 0 amide bonds. The zero-order valence-corrected chi connectivity index (χ0v) is 12.9. The highest BCUT2D eigenvalue weighted by molar-refractivity contribution is 5.78. The standard InChI is InChI=1S/C16H25N5/c1-16(2,12-21-7-5-17-6-8-21)18-10-13-3-4-14-11-19-20-15(14)9-13/h3-4,9,11,17-18H,5-8,10,12H2,1-2H3,(H,19,20). The van der Waals surface area contributed by atoms with Crippen LogP contribution in [0.2, 0.25) is 0 Å².